The van der Waals surface area contributed by atoms with Gasteiger partial charge < -0.3 is 59.6 Å². The fourth-order valence-corrected chi connectivity index (χ4v) is 6.47. The van der Waals surface area contributed by atoms with E-state index in [0.717, 1.165) is 0 Å². The van der Waals surface area contributed by atoms with Crippen molar-refractivity contribution in [3.63, 3.8) is 0 Å². The Morgan fingerprint density at radius 1 is 0.863 bits per heavy atom. The van der Waals surface area contributed by atoms with Gasteiger partial charge in [0, 0.05) is 44.6 Å². The van der Waals surface area contributed by atoms with E-state index < -0.39 is 109 Å². The van der Waals surface area contributed by atoms with E-state index in [2.05, 4.69) is 5.32 Å². The van der Waals surface area contributed by atoms with Gasteiger partial charge in [-0.25, -0.2) is 4.79 Å². The molecule has 15 nitrogen and oxygen atoms in total. The van der Waals surface area contributed by atoms with Gasteiger partial charge in [0.05, 0.1) is 42.7 Å². The molecule has 4 heterocycles. The lowest BCUT2D eigenvalue weighted by atomic mass is 9.83. The number of nitrogens with one attached hydrogen (secondary N) is 1. The first-order valence-corrected chi connectivity index (χ1v) is 17.2. The molecule has 284 valence electrons. The van der Waals surface area contributed by atoms with E-state index in [1.807, 2.05) is 13.0 Å². The van der Waals surface area contributed by atoms with Crippen LogP contribution in [0.2, 0.25) is 0 Å². The number of amides is 1. The zero-order chi connectivity index (χ0) is 37.5. The number of fused-ring (bicyclic) bond motifs is 3. The third-order valence-electron chi connectivity index (χ3n) is 9.43. The second-order valence-corrected chi connectivity index (χ2v) is 13.7. The standard InChI is InChI=1S/C36H51NO14/c1-19-11-9-7-5-6-8-10-12-24(49-35-33(43)31(37-22(4)38)32(42)21(3)48-35)16-28-30(34(44)45)25(40)18-36(46,51-28)17-23(39)15-27-26(50-27)13-14-29(41)47-20(19)2/h5-14,19-21,23-28,30-33,35,39-40,42-43,46H,15-18H2,1-4H3,(H,37,38)(H,44,45)/b7-5+,8-6+,11-9-,12-10+,14-13-/t19?,20?,21-,23-,24-,25-,26+,27-,28-,30+,31+,32-,33+,35+,36+/m1/s1. The molecule has 4 rings (SSSR count). The molecule has 7 N–H and O–H groups in total. The van der Waals surface area contributed by atoms with E-state index in [4.69, 9.17) is 23.7 Å². The van der Waals surface area contributed by atoms with Gasteiger partial charge in [0.15, 0.2) is 12.1 Å². The second-order valence-electron chi connectivity index (χ2n) is 13.7. The van der Waals surface area contributed by atoms with E-state index in [9.17, 15) is 45.0 Å². The summed E-state index contributed by atoms with van der Waals surface area (Å²) in [4.78, 5) is 36.5. The molecular formula is C36H51NO14. The van der Waals surface area contributed by atoms with Crippen LogP contribution in [0.1, 0.15) is 53.4 Å². The molecule has 0 aliphatic carbocycles. The third kappa shape index (κ3) is 11.6. The lowest BCUT2D eigenvalue weighted by Gasteiger charge is -2.45. The SMILES string of the molecule is CC(=O)N[C@@H]1[C@H](O)[C@H](O[C@@H]2/C=C/C=C/C=C/C=C\C(C)C(C)OC(=O)/C=C\[C@@H]3O[C@@H]3C[C@@H](O)C[C@@]3(O)C[C@@H](O)[C@H](C(=O)O)[C@@H](C2)O3)O[C@H](C)[C@H]1O. The maximum Gasteiger partial charge on any atom is 0.330 e. The van der Waals surface area contributed by atoms with E-state index in [1.165, 1.54) is 26.0 Å². The molecule has 0 aromatic carbocycles. The molecule has 3 saturated heterocycles. The Hall–Kier alpha value is -3.25. The maximum atomic E-state index is 12.4. The molecule has 3 fully saturated rings. The first-order valence-electron chi connectivity index (χ1n) is 17.2. The molecule has 0 radical (unpaired) electrons. The number of hydrogen-bond acceptors (Lipinski definition) is 13. The van der Waals surface area contributed by atoms with Gasteiger partial charge in [-0.1, -0.05) is 55.5 Å². The molecule has 15 atom stereocenters. The molecule has 51 heavy (non-hydrogen) atoms. The van der Waals surface area contributed by atoms with Gasteiger partial charge in [0.2, 0.25) is 5.91 Å². The lowest BCUT2D eigenvalue weighted by Crippen LogP contribution is -2.64. The van der Waals surface area contributed by atoms with Crippen molar-refractivity contribution in [3.8, 4) is 0 Å². The highest BCUT2D eigenvalue weighted by Gasteiger charge is 2.51. The molecule has 4 aliphatic heterocycles. The van der Waals surface area contributed by atoms with Crippen molar-refractivity contribution in [2.24, 2.45) is 11.8 Å². The molecule has 0 aromatic heterocycles. The predicted molar refractivity (Wildman–Crippen MR) is 179 cm³/mol. The zero-order valence-electron chi connectivity index (χ0n) is 29.1. The lowest BCUT2D eigenvalue weighted by molar-refractivity contribution is -0.308. The summed E-state index contributed by atoms with van der Waals surface area (Å²) in [6.45, 7) is 6.45. The first-order chi connectivity index (χ1) is 24.1. The van der Waals surface area contributed by atoms with Crippen LogP contribution >= 0.6 is 0 Å². The quantitative estimate of drug-likeness (QED) is 0.155. The van der Waals surface area contributed by atoms with Crippen molar-refractivity contribution in [1.29, 1.82) is 0 Å². The number of aliphatic hydroxyl groups is 5. The summed E-state index contributed by atoms with van der Waals surface area (Å²) < 4.78 is 28.8. The normalized spacial score (nSPS) is 45.8. The van der Waals surface area contributed by atoms with Crippen LogP contribution in [-0.4, -0.2) is 128 Å². The number of cyclic esters (lactones) is 1. The second kappa shape index (κ2) is 18.0. The molecule has 0 aromatic rings. The number of epoxide rings is 1. The number of aliphatic hydroxyl groups excluding tert-OH is 4. The Labute approximate surface area is 296 Å². The Bertz CT molecular complexity index is 1360. The van der Waals surface area contributed by atoms with Crippen LogP contribution in [0.5, 0.6) is 0 Å². The van der Waals surface area contributed by atoms with Gasteiger partial charge in [-0.3, -0.25) is 9.59 Å². The summed E-state index contributed by atoms with van der Waals surface area (Å²) in [5.74, 6) is -6.15. The van der Waals surface area contributed by atoms with Crippen molar-refractivity contribution in [1.82, 2.24) is 5.32 Å². The molecule has 4 aliphatic rings. The predicted octanol–water partition coefficient (Wildman–Crippen LogP) is 0.543. The number of esters is 1. The highest BCUT2D eigenvalue weighted by atomic mass is 16.7. The zero-order valence-corrected chi connectivity index (χ0v) is 29.1. The van der Waals surface area contributed by atoms with E-state index in [-0.39, 0.29) is 25.2 Å². The molecule has 2 bridgehead atoms. The summed E-state index contributed by atoms with van der Waals surface area (Å²) in [5, 5.41) is 67.5. The van der Waals surface area contributed by atoms with Crippen LogP contribution in [0.15, 0.2) is 60.8 Å². The van der Waals surface area contributed by atoms with Crippen LogP contribution < -0.4 is 5.32 Å². The summed E-state index contributed by atoms with van der Waals surface area (Å²) in [6.07, 6.45) is 3.90. The van der Waals surface area contributed by atoms with E-state index >= 15 is 0 Å². The fraction of sp³-hybridized carbons (Fsp3) is 0.639. The summed E-state index contributed by atoms with van der Waals surface area (Å²) in [5.41, 5.74) is 0. The number of carboxylic acids is 1. The molecule has 1 amide bonds. The number of ether oxygens (including phenoxy) is 5. The number of rotatable bonds is 4. The largest absolute Gasteiger partial charge is 0.481 e. The average Bonchev–Trinajstić information content (AvgIpc) is 3.77. The number of carbonyl (C=O) groups is 3. The monoisotopic (exact) mass is 721 g/mol. The van der Waals surface area contributed by atoms with Crippen LogP contribution in [0.4, 0.5) is 0 Å². The minimum atomic E-state index is -2.14. The number of allylic oxidation sites excluding steroid dienone is 6. The van der Waals surface area contributed by atoms with Crippen LogP contribution in [0.3, 0.4) is 0 Å². The molecular weight excluding hydrogens is 670 g/mol. The number of carbonyl (C=O) groups excluding carboxylic acids is 2. The third-order valence-corrected chi connectivity index (χ3v) is 9.43. The van der Waals surface area contributed by atoms with Crippen molar-refractivity contribution in [2.45, 2.75) is 133 Å². The molecule has 0 spiro atoms. The van der Waals surface area contributed by atoms with Crippen molar-refractivity contribution in [3.05, 3.63) is 60.8 Å². The highest BCUT2D eigenvalue weighted by molar-refractivity contribution is 5.82. The van der Waals surface area contributed by atoms with Gasteiger partial charge in [-0.15, -0.1) is 0 Å². The summed E-state index contributed by atoms with van der Waals surface area (Å²) in [7, 11) is 0. The highest BCUT2D eigenvalue weighted by Crippen LogP contribution is 2.39. The van der Waals surface area contributed by atoms with Gasteiger partial charge in [0.25, 0.3) is 0 Å². The summed E-state index contributed by atoms with van der Waals surface area (Å²) in [6, 6.07) is -1.14. The number of hydrogen-bond donors (Lipinski definition) is 7. The Morgan fingerprint density at radius 3 is 2.20 bits per heavy atom. The van der Waals surface area contributed by atoms with Crippen LogP contribution in [0.25, 0.3) is 0 Å². The minimum Gasteiger partial charge on any atom is -0.481 e. The van der Waals surface area contributed by atoms with Gasteiger partial charge in [-0.2, -0.15) is 0 Å². The van der Waals surface area contributed by atoms with E-state index in [1.54, 1.807) is 49.5 Å². The van der Waals surface area contributed by atoms with Crippen LogP contribution in [0, 0.1) is 11.8 Å². The minimum absolute atomic E-state index is 0.0574. The molecule has 15 heteroatoms. The van der Waals surface area contributed by atoms with Crippen LogP contribution in [-0.2, 0) is 38.1 Å². The van der Waals surface area contributed by atoms with Crippen molar-refractivity contribution in [2.75, 3.05) is 0 Å². The Morgan fingerprint density at radius 2 is 1.53 bits per heavy atom. The Balaban J connectivity index is 1.62. The van der Waals surface area contributed by atoms with E-state index in [0.29, 0.717) is 0 Å². The topological polar surface area (TPSA) is 234 Å². The van der Waals surface area contributed by atoms with Crippen molar-refractivity contribution >= 4 is 17.8 Å². The average molecular weight is 722 g/mol. The van der Waals surface area contributed by atoms with Crippen molar-refractivity contribution < 1.29 is 68.7 Å². The Kier molecular flexibility index (Phi) is 14.3. The van der Waals surface area contributed by atoms with Gasteiger partial charge >= 0.3 is 11.9 Å². The number of carboxylic acid groups (broad SMARTS) is 1. The maximum absolute atomic E-state index is 12.4. The fourth-order valence-electron chi connectivity index (χ4n) is 6.47. The number of aliphatic carboxylic acids is 1. The summed E-state index contributed by atoms with van der Waals surface area (Å²) >= 11 is 0. The van der Waals surface area contributed by atoms with Gasteiger partial charge in [-0.05, 0) is 19.9 Å². The smallest absolute Gasteiger partial charge is 0.330 e. The van der Waals surface area contributed by atoms with Gasteiger partial charge in [0.1, 0.15) is 30.3 Å². The molecule has 0 saturated carbocycles. The first kappa shape index (κ1) is 40.5. The molecule has 2 unspecified atom stereocenters.